The van der Waals surface area contributed by atoms with Crippen LogP contribution in [0, 0.1) is 11.6 Å². The lowest BCUT2D eigenvalue weighted by molar-refractivity contribution is 0.377. The van der Waals surface area contributed by atoms with Gasteiger partial charge in [-0.25, -0.2) is 4.39 Å². The van der Waals surface area contributed by atoms with E-state index in [9.17, 15) is 13.9 Å². The number of ether oxygens (including phenoxy) is 1. The number of hydrogen-bond donors (Lipinski definition) is 1. The van der Waals surface area contributed by atoms with Gasteiger partial charge in [-0.2, -0.15) is 4.39 Å². The second kappa shape index (κ2) is 6.55. The van der Waals surface area contributed by atoms with Crippen molar-refractivity contribution in [3.8, 4) is 11.5 Å². The molecule has 0 aliphatic carbocycles. The van der Waals surface area contributed by atoms with E-state index >= 15 is 0 Å². The highest BCUT2D eigenvalue weighted by Gasteiger charge is 2.19. The van der Waals surface area contributed by atoms with E-state index in [4.69, 9.17) is 4.74 Å². The Kier molecular flexibility index (Phi) is 5.31. The summed E-state index contributed by atoms with van der Waals surface area (Å²) < 4.78 is 32.1. The van der Waals surface area contributed by atoms with E-state index in [1.54, 1.807) is 6.07 Å². The van der Waals surface area contributed by atoms with Crippen molar-refractivity contribution in [3.63, 3.8) is 0 Å². The molecule has 0 amide bonds. The molecular formula is C16H20F2O2. The molecule has 0 saturated carbocycles. The normalized spacial score (nSPS) is 10.4. The van der Waals surface area contributed by atoms with Crippen molar-refractivity contribution >= 4 is 10.8 Å². The fraction of sp³-hybridized carbons (Fsp3) is 0.375. The zero-order chi connectivity index (χ0) is 15.4. The molecule has 4 heteroatoms. The third-order valence-corrected chi connectivity index (χ3v) is 2.93. The molecule has 0 aliphatic rings. The van der Waals surface area contributed by atoms with Gasteiger partial charge in [-0.15, -0.1) is 0 Å². The van der Waals surface area contributed by atoms with E-state index in [1.807, 2.05) is 27.7 Å². The number of fused-ring (bicyclic) bond motifs is 1. The first kappa shape index (κ1) is 16.2. The van der Waals surface area contributed by atoms with E-state index in [0.717, 1.165) is 11.6 Å². The number of methoxy groups -OCH3 is 1. The van der Waals surface area contributed by atoms with Gasteiger partial charge in [-0.05, 0) is 35.1 Å². The molecule has 2 aromatic carbocycles. The molecule has 0 bridgehead atoms. The summed E-state index contributed by atoms with van der Waals surface area (Å²) in [6, 6.07) is 4.01. The van der Waals surface area contributed by atoms with Crippen molar-refractivity contribution in [2.24, 2.45) is 0 Å². The summed E-state index contributed by atoms with van der Waals surface area (Å²) in [6.07, 6.45) is 0. The van der Waals surface area contributed by atoms with E-state index in [-0.39, 0.29) is 17.4 Å². The fourth-order valence-electron chi connectivity index (χ4n) is 2.11. The summed E-state index contributed by atoms with van der Waals surface area (Å²) in [5.41, 5.74) is 0.723. The molecule has 2 aromatic rings. The monoisotopic (exact) mass is 282 g/mol. The fourth-order valence-corrected chi connectivity index (χ4v) is 2.11. The van der Waals surface area contributed by atoms with Gasteiger partial charge in [0.1, 0.15) is 5.75 Å². The number of halogens is 2. The van der Waals surface area contributed by atoms with Crippen molar-refractivity contribution in [2.75, 3.05) is 7.11 Å². The minimum atomic E-state index is -1.00. The van der Waals surface area contributed by atoms with Crippen molar-refractivity contribution in [1.82, 2.24) is 0 Å². The van der Waals surface area contributed by atoms with E-state index in [0.29, 0.717) is 10.8 Å². The molecule has 0 fully saturated rings. The highest BCUT2D eigenvalue weighted by atomic mass is 19.2. The Morgan fingerprint density at radius 1 is 1.10 bits per heavy atom. The first-order valence-electron chi connectivity index (χ1n) is 6.64. The van der Waals surface area contributed by atoms with Gasteiger partial charge in [-0.3, -0.25) is 0 Å². The number of aromatic hydroxyl groups is 1. The lowest BCUT2D eigenvalue weighted by atomic mass is 9.94. The van der Waals surface area contributed by atoms with Crippen LogP contribution in [0.25, 0.3) is 10.8 Å². The van der Waals surface area contributed by atoms with Crippen molar-refractivity contribution in [3.05, 3.63) is 35.4 Å². The first-order valence-corrected chi connectivity index (χ1v) is 6.64. The van der Waals surface area contributed by atoms with Gasteiger partial charge in [0.15, 0.2) is 11.6 Å². The summed E-state index contributed by atoms with van der Waals surface area (Å²) in [5, 5.41) is 10.6. The third kappa shape index (κ3) is 2.84. The molecule has 2 nitrogen and oxygen atoms in total. The van der Waals surface area contributed by atoms with Crippen LogP contribution in [0.15, 0.2) is 18.2 Å². The predicted octanol–water partition coefficient (Wildman–Crippen LogP) is 4.98. The van der Waals surface area contributed by atoms with Gasteiger partial charge in [0, 0.05) is 5.39 Å². The van der Waals surface area contributed by atoms with Gasteiger partial charge >= 0.3 is 0 Å². The molecule has 0 heterocycles. The maximum Gasteiger partial charge on any atom is 0.201 e. The third-order valence-electron chi connectivity index (χ3n) is 2.93. The number of hydrogen-bond acceptors (Lipinski definition) is 2. The molecule has 0 aromatic heterocycles. The maximum absolute atomic E-state index is 13.7. The lowest BCUT2D eigenvalue weighted by Gasteiger charge is -2.15. The Labute approximate surface area is 118 Å². The average molecular weight is 282 g/mol. The first-order chi connectivity index (χ1) is 9.45. The Hall–Kier alpha value is -1.84. The summed E-state index contributed by atoms with van der Waals surface area (Å²) >= 11 is 0. The van der Waals surface area contributed by atoms with E-state index < -0.39 is 11.6 Å². The minimum absolute atomic E-state index is 0.0271. The molecule has 20 heavy (non-hydrogen) atoms. The molecule has 0 radical (unpaired) electrons. The summed E-state index contributed by atoms with van der Waals surface area (Å²) in [4.78, 5) is 0. The molecule has 1 N–H and O–H groups in total. The molecule has 2 rings (SSSR count). The Morgan fingerprint density at radius 2 is 1.70 bits per heavy atom. The highest BCUT2D eigenvalue weighted by molar-refractivity contribution is 5.93. The number of benzene rings is 2. The molecule has 0 unspecified atom stereocenters. The number of rotatable bonds is 2. The Balaban J connectivity index is 0.000000956. The number of phenols is 1. The maximum atomic E-state index is 13.7. The lowest BCUT2D eigenvalue weighted by Crippen LogP contribution is -1.98. The molecule has 0 atom stereocenters. The van der Waals surface area contributed by atoms with Crippen LogP contribution >= 0.6 is 0 Å². The predicted molar refractivity (Wildman–Crippen MR) is 77.5 cm³/mol. The second-order valence-electron chi connectivity index (χ2n) is 4.49. The van der Waals surface area contributed by atoms with Crippen LogP contribution in [0.2, 0.25) is 0 Å². The Morgan fingerprint density at radius 3 is 2.20 bits per heavy atom. The van der Waals surface area contributed by atoms with Gasteiger partial charge in [0.05, 0.1) is 7.11 Å². The Bertz CT molecular complexity index is 607. The smallest absolute Gasteiger partial charge is 0.201 e. The van der Waals surface area contributed by atoms with Crippen LogP contribution in [0.4, 0.5) is 8.78 Å². The zero-order valence-electron chi connectivity index (χ0n) is 12.4. The second-order valence-corrected chi connectivity index (χ2v) is 4.49. The van der Waals surface area contributed by atoms with E-state index in [1.165, 1.54) is 13.2 Å². The van der Waals surface area contributed by atoms with Gasteiger partial charge in [0.25, 0.3) is 0 Å². The quantitative estimate of drug-likeness (QED) is 0.841. The van der Waals surface area contributed by atoms with Crippen molar-refractivity contribution < 1.29 is 18.6 Å². The summed E-state index contributed by atoms with van der Waals surface area (Å²) in [6.45, 7) is 7.82. The minimum Gasteiger partial charge on any atom is -0.508 e. The topological polar surface area (TPSA) is 29.5 Å². The SMILES string of the molecule is CC.COc1c(F)c(F)cc2cc(O)cc(C(C)C)c12. The van der Waals surface area contributed by atoms with Gasteiger partial charge in [0.2, 0.25) is 5.82 Å². The largest absolute Gasteiger partial charge is 0.508 e. The average Bonchev–Trinajstić information content (AvgIpc) is 2.42. The van der Waals surface area contributed by atoms with Gasteiger partial charge in [-0.1, -0.05) is 27.7 Å². The standard InChI is InChI=1S/C14H14F2O2.C2H6/c1-7(2)10-6-9(17)4-8-5-11(15)13(16)14(18-3)12(8)10;1-2/h4-7,17H,1-3H3;1-2H3. The van der Waals surface area contributed by atoms with Crippen LogP contribution in [0.5, 0.6) is 11.5 Å². The van der Waals surface area contributed by atoms with Crippen LogP contribution < -0.4 is 4.74 Å². The zero-order valence-corrected chi connectivity index (χ0v) is 12.4. The molecule has 0 saturated heterocycles. The molecular weight excluding hydrogens is 262 g/mol. The van der Waals surface area contributed by atoms with Crippen LogP contribution in [-0.2, 0) is 0 Å². The molecule has 110 valence electrons. The molecule has 0 spiro atoms. The van der Waals surface area contributed by atoms with Crippen LogP contribution in [0.3, 0.4) is 0 Å². The van der Waals surface area contributed by atoms with Crippen molar-refractivity contribution in [1.29, 1.82) is 0 Å². The summed E-state index contributed by atoms with van der Waals surface area (Å²) in [7, 11) is 1.30. The van der Waals surface area contributed by atoms with Crippen LogP contribution in [-0.4, -0.2) is 12.2 Å². The molecule has 0 aliphatic heterocycles. The highest BCUT2D eigenvalue weighted by Crippen LogP contribution is 2.38. The van der Waals surface area contributed by atoms with Crippen molar-refractivity contribution in [2.45, 2.75) is 33.6 Å². The van der Waals surface area contributed by atoms with Gasteiger partial charge < -0.3 is 9.84 Å². The summed E-state index contributed by atoms with van der Waals surface area (Å²) in [5.74, 6) is -2.02. The van der Waals surface area contributed by atoms with Crippen LogP contribution in [0.1, 0.15) is 39.2 Å². The number of phenolic OH excluding ortho intramolecular Hbond substituents is 1. The van der Waals surface area contributed by atoms with E-state index in [2.05, 4.69) is 0 Å².